The molecule has 0 spiro atoms. The van der Waals surface area contributed by atoms with E-state index in [1.165, 1.54) is 19.3 Å². The second-order valence-corrected chi connectivity index (χ2v) is 5.71. The molecule has 94 valence electrons. The molecule has 3 rings (SSSR count). The van der Waals surface area contributed by atoms with E-state index in [2.05, 4.69) is 10.6 Å². The van der Waals surface area contributed by atoms with Gasteiger partial charge in [0.2, 0.25) is 11.8 Å². The minimum atomic E-state index is -0.266. The third-order valence-electron chi connectivity index (χ3n) is 4.38. The molecular weight excluding hydrogens is 216 g/mol. The topological polar surface area (TPSA) is 58.2 Å². The predicted octanol–water partition coefficient (Wildman–Crippen LogP) is 0.960. The first kappa shape index (κ1) is 11.1. The van der Waals surface area contributed by atoms with E-state index in [0.29, 0.717) is 11.8 Å². The van der Waals surface area contributed by atoms with Crippen molar-refractivity contribution >= 4 is 11.8 Å². The van der Waals surface area contributed by atoms with Gasteiger partial charge < -0.3 is 10.6 Å². The molecule has 1 aliphatic heterocycles. The summed E-state index contributed by atoms with van der Waals surface area (Å²) in [6.07, 6.45) is 7.95. The molecule has 0 bridgehead atoms. The van der Waals surface area contributed by atoms with Crippen molar-refractivity contribution in [2.75, 3.05) is 0 Å². The number of rotatable bonds is 2. The van der Waals surface area contributed by atoms with Crippen molar-refractivity contribution in [1.82, 2.24) is 10.6 Å². The van der Waals surface area contributed by atoms with Gasteiger partial charge in [-0.25, -0.2) is 0 Å². The molecule has 3 aliphatic rings. The van der Waals surface area contributed by atoms with Gasteiger partial charge in [0, 0.05) is 0 Å². The molecular formula is C13H20N2O2. The molecule has 1 heterocycles. The van der Waals surface area contributed by atoms with Crippen LogP contribution in [-0.2, 0) is 9.59 Å². The highest BCUT2D eigenvalue weighted by Crippen LogP contribution is 2.35. The monoisotopic (exact) mass is 236 g/mol. The molecule has 1 saturated heterocycles. The van der Waals surface area contributed by atoms with Gasteiger partial charge in [0.25, 0.3) is 0 Å². The third kappa shape index (κ3) is 2.17. The number of piperazine rings is 1. The lowest BCUT2D eigenvalue weighted by atomic mass is 9.82. The van der Waals surface area contributed by atoms with Crippen LogP contribution in [0.25, 0.3) is 0 Å². The van der Waals surface area contributed by atoms with Gasteiger partial charge in [-0.2, -0.15) is 0 Å². The van der Waals surface area contributed by atoms with Crippen molar-refractivity contribution in [2.24, 2.45) is 11.8 Å². The molecule has 2 unspecified atom stereocenters. The van der Waals surface area contributed by atoms with Gasteiger partial charge >= 0.3 is 0 Å². The van der Waals surface area contributed by atoms with Gasteiger partial charge in [0.1, 0.15) is 12.1 Å². The number of hydrogen-bond acceptors (Lipinski definition) is 2. The predicted molar refractivity (Wildman–Crippen MR) is 63.2 cm³/mol. The molecule has 4 heteroatoms. The first-order valence-electron chi connectivity index (χ1n) is 6.86. The Bertz CT molecular complexity index is 332. The number of nitrogens with one attached hydrogen (secondary N) is 2. The van der Waals surface area contributed by atoms with Crippen LogP contribution in [0.1, 0.15) is 44.9 Å². The third-order valence-corrected chi connectivity index (χ3v) is 4.38. The number of hydrogen-bond donors (Lipinski definition) is 2. The number of amides is 2. The van der Waals surface area contributed by atoms with Crippen molar-refractivity contribution in [1.29, 1.82) is 0 Å². The normalized spacial score (nSPS) is 35.3. The Morgan fingerprint density at radius 1 is 0.706 bits per heavy atom. The summed E-state index contributed by atoms with van der Waals surface area (Å²) in [4.78, 5) is 24.0. The van der Waals surface area contributed by atoms with Crippen LogP contribution in [0.15, 0.2) is 0 Å². The fourth-order valence-electron chi connectivity index (χ4n) is 3.18. The first-order chi connectivity index (χ1) is 8.25. The smallest absolute Gasteiger partial charge is 0.243 e. The van der Waals surface area contributed by atoms with Gasteiger partial charge in [-0.05, 0) is 37.5 Å². The molecule has 3 fully saturated rings. The molecule has 4 nitrogen and oxygen atoms in total. The van der Waals surface area contributed by atoms with Gasteiger partial charge in [-0.15, -0.1) is 0 Å². The Hall–Kier alpha value is -1.06. The number of carbonyl (C=O) groups is 2. The summed E-state index contributed by atoms with van der Waals surface area (Å²) in [6, 6.07) is -0.514. The summed E-state index contributed by atoms with van der Waals surface area (Å²) in [5.41, 5.74) is 0. The zero-order chi connectivity index (χ0) is 11.8. The molecule has 0 aromatic carbocycles. The Labute approximate surface area is 102 Å². The molecule has 2 aliphatic carbocycles. The van der Waals surface area contributed by atoms with E-state index in [4.69, 9.17) is 0 Å². The van der Waals surface area contributed by atoms with Gasteiger partial charge in [0.15, 0.2) is 0 Å². The molecule has 17 heavy (non-hydrogen) atoms. The van der Waals surface area contributed by atoms with E-state index in [1.807, 2.05) is 0 Å². The average molecular weight is 236 g/mol. The fourth-order valence-corrected chi connectivity index (χ4v) is 3.18. The molecule has 2 N–H and O–H groups in total. The summed E-state index contributed by atoms with van der Waals surface area (Å²) in [5.74, 6) is 0.843. The van der Waals surface area contributed by atoms with Crippen LogP contribution >= 0.6 is 0 Å². The molecule has 0 radical (unpaired) electrons. The summed E-state index contributed by atoms with van der Waals surface area (Å²) in [6.45, 7) is 0. The Kier molecular flexibility index (Phi) is 2.81. The van der Waals surface area contributed by atoms with E-state index in [9.17, 15) is 9.59 Å². The van der Waals surface area contributed by atoms with Gasteiger partial charge in [-0.3, -0.25) is 9.59 Å². The van der Waals surface area contributed by atoms with Crippen molar-refractivity contribution in [3.63, 3.8) is 0 Å². The summed E-state index contributed by atoms with van der Waals surface area (Å²) < 4.78 is 0. The Morgan fingerprint density at radius 2 is 1.18 bits per heavy atom. The quantitative estimate of drug-likeness (QED) is 0.750. The second-order valence-electron chi connectivity index (χ2n) is 5.71. The van der Waals surface area contributed by atoms with Crippen LogP contribution in [0.4, 0.5) is 0 Å². The molecule has 0 aromatic heterocycles. The van der Waals surface area contributed by atoms with Crippen LogP contribution in [0.5, 0.6) is 0 Å². The first-order valence-corrected chi connectivity index (χ1v) is 6.86. The molecule has 2 saturated carbocycles. The second kappa shape index (κ2) is 4.31. The summed E-state index contributed by atoms with van der Waals surface area (Å²) in [5, 5.41) is 5.88. The highest BCUT2D eigenvalue weighted by Gasteiger charge is 2.44. The SMILES string of the molecule is O=C1NC(C2CC2)C(=O)NC1C1CCCCC1. The van der Waals surface area contributed by atoms with Crippen molar-refractivity contribution in [3.05, 3.63) is 0 Å². The van der Waals surface area contributed by atoms with E-state index >= 15 is 0 Å². The number of carbonyl (C=O) groups excluding carboxylic acids is 2. The maximum Gasteiger partial charge on any atom is 0.243 e. The van der Waals surface area contributed by atoms with Crippen molar-refractivity contribution < 1.29 is 9.59 Å². The molecule has 2 amide bonds. The van der Waals surface area contributed by atoms with E-state index in [-0.39, 0.29) is 23.9 Å². The van der Waals surface area contributed by atoms with E-state index in [0.717, 1.165) is 25.7 Å². The van der Waals surface area contributed by atoms with Crippen LogP contribution < -0.4 is 10.6 Å². The van der Waals surface area contributed by atoms with Crippen LogP contribution in [0.2, 0.25) is 0 Å². The Balaban J connectivity index is 1.66. The largest absolute Gasteiger partial charge is 0.342 e. The highest BCUT2D eigenvalue weighted by molar-refractivity contribution is 5.97. The molecule has 0 aromatic rings. The molecule has 2 atom stereocenters. The van der Waals surface area contributed by atoms with Gasteiger partial charge in [0.05, 0.1) is 0 Å². The zero-order valence-corrected chi connectivity index (χ0v) is 10.1. The van der Waals surface area contributed by atoms with Crippen LogP contribution in [-0.4, -0.2) is 23.9 Å². The Morgan fingerprint density at radius 3 is 1.65 bits per heavy atom. The van der Waals surface area contributed by atoms with E-state index < -0.39 is 0 Å². The van der Waals surface area contributed by atoms with Crippen LogP contribution in [0, 0.1) is 11.8 Å². The van der Waals surface area contributed by atoms with Gasteiger partial charge in [-0.1, -0.05) is 19.3 Å². The average Bonchev–Trinajstić information content (AvgIpc) is 3.17. The van der Waals surface area contributed by atoms with Crippen LogP contribution in [0.3, 0.4) is 0 Å². The lowest BCUT2D eigenvalue weighted by Gasteiger charge is -2.35. The van der Waals surface area contributed by atoms with E-state index in [1.54, 1.807) is 0 Å². The minimum absolute atomic E-state index is 0.0441. The summed E-state index contributed by atoms with van der Waals surface area (Å²) in [7, 11) is 0. The fraction of sp³-hybridized carbons (Fsp3) is 0.846. The standard InChI is InChI=1S/C13H20N2O2/c16-12-10(8-4-2-1-3-5-8)14-13(17)11(15-12)9-6-7-9/h8-11H,1-7H2,(H,14,17)(H,15,16). The minimum Gasteiger partial charge on any atom is -0.342 e. The lowest BCUT2D eigenvalue weighted by molar-refractivity contribution is -0.139. The lowest BCUT2D eigenvalue weighted by Crippen LogP contribution is -2.64. The maximum absolute atomic E-state index is 12.1. The van der Waals surface area contributed by atoms with Crippen molar-refractivity contribution in [2.45, 2.75) is 57.0 Å². The maximum atomic E-state index is 12.1. The highest BCUT2D eigenvalue weighted by atomic mass is 16.2. The zero-order valence-electron chi connectivity index (χ0n) is 10.1. The van der Waals surface area contributed by atoms with Crippen molar-refractivity contribution in [3.8, 4) is 0 Å². The summed E-state index contributed by atoms with van der Waals surface area (Å²) >= 11 is 0.